The molecule has 2 N–H and O–H groups in total. The average Bonchev–Trinajstić information content (AvgIpc) is 2.12. The molecule has 0 saturated heterocycles. The zero-order chi connectivity index (χ0) is 10.6. The first kappa shape index (κ1) is 10.3. The summed E-state index contributed by atoms with van der Waals surface area (Å²) in [5.41, 5.74) is 2.94. The molecule has 0 unspecified atom stereocenters. The van der Waals surface area contributed by atoms with Gasteiger partial charge in [-0.05, 0) is 31.2 Å². The van der Waals surface area contributed by atoms with Gasteiger partial charge in [0.2, 0.25) is 0 Å². The van der Waals surface area contributed by atoms with Crippen molar-refractivity contribution in [2.75, 3.05) is 5.32 Å². The molecule has 14 heavy (non-hydrogen) atoms. The molecule has 1 aromatic rings. The summed E-state index contributed by atoms with van der Waals surface area (Å²) >= 11 is 0. The van der Waals surface area contributed by atoms with Gasteiger partial charge in [-0.25, -0.2) is 4.79 Å². The Morgan fingerprint density at radius 3 is 2.43 bits per heavy atom. The van der Waals surface area contributed by atoms with Gasteiger partial charge in [-0.3, -0.25) is 0 Å². The lowest BCUT2D eigenvalue weighted by atomic mass is 10.1. The molecular formula is C11H14N2O. The summed E-state index contributed by atoms with van der Waals surface area (Å²) < 4.78 is 0. The number of hydrogen-bond donors (Lipinski definition) is 2. The third-order valence-electron chi connectivity index (χ3n) is 1.95. The van der Waals surface area contributed by atoms with E-state index in [0.717, 1.165) is 16.8 Å². The van der Waals surface area contributed by atoms with Crippen molar-refractivity contribution >= 4 is 11.7 Å². The normalized spacial score (nSPS) is 9.29. The minimum atomic E-state index is -0.266. The first-order chi connectivity index (χ1) is 6.65. The molecule has 0 bridgehead atoms. The number of hydrogen-bond acceptors (Lipinski definition) is 1. The van der Waals surface area contributed by atoms with Gasteiger partial charge in [-0.2, -0.15) is 0 Å². The average molecular weight is 190 g/mol. The van der Waals surface area contributed by atoms with Gasteiger partial charge < -0.3 is 10.6 Å². The fraction of sp³-hybridized carbons (Fsp3) is 0.182. The van der Waals surface area contributed by atoms with Crippen LogP contribution < -0.4 is 10.6 Å². The van der Waals surface area contributed by atoms with Gasteiger partial charge in [0.05, 0.1) is 0 Å². The summed E-state index contributed by atoms with van der Waals surface area (Å²) in [4.78, 5) is 11.2. The number of urea groups is 1. The van der Waals surface area contributed by atoms with Gasteiger partial charge in [-0.1, -0.05) is 24.8 Å². The number of aryl methyl sites for hydroxylation is 2. The number of nitrogens with one attached hydrogen (secondary N) is 2. The van der Waals surface area contributed by atoms with Crippen LogP contribution in [0, 0.1) is 13.8 Å². The Labute approximate surface area is 83.8 Å². The quantitative estimate of drug-likeness (QED) is 0.739. The second-order valence-corrected chi connectivity index (χ2v) is 3.07. The lowest BCUT2D eigenvalue weighted by Gasteiger charge is -2.10. The van der Waals surface area contributed by atoms with Crippen LogP contribution in [0.1, 0.15) is 11.1 Å². The van der Waals surface area contributed by atoms with Crippen LogP contribution in [0.25, 0.3) is 0 Å². The van der Waals surface area contributed by atoms with Gasteiger partial charge in [0.25, 0.3) is 0 Å². The predicted octanol–water partition coefficient (Wildman–Crippen LogP) is 2.57. The van der Waals surface area contributed by atoms with Gasteiger partial charge in [0.15, 0.2) is 0 Å². The first-order valence-corrected chi connectivity index (χ1v) is 4.40. The molecule has 0 aromatic heterocycles. The fourth-order valence-corrected chi connectivity index (χ4v) is 1.25. The summed E-state index contributed by atoms with van der Waals surface area (Å²) in [5.74, 6) is 0. The number of benzene rings is 1. The third-order valence-corrected chi connectivity index (χ3v) is 1.95. The van der Waals surface area contributed by atoms with E-state index in [1.54, 1.807) is 0 Å². The molecule has 0 saturated carbocycles. The van der Waals surface area contributed by atoms with Crippen LogP contribution in [0.5, 0.6) is 0 Å². The Hall–Kier alpha value is -1.77. The summed E-state index contributed by atoms with van der Waals surface area (Å²) in [7, 11) is 0. The van der Waals surface area contributed by atoms with Crippen molar-refractivity contribution < 1.29 is 4.79 Å². The maximum Gasteiger partial charge on any atom is 0.323 e. The maximum atomic E-state index is 11.2. The minimum Gasteiger partial charge on any atom is -0.315 e. The Morgan fingerprint density at radius 2 is 1.93 bits per heavy atom. The Balaban J connectivity index is 2.85. The van der Waals surface area contributed by atoms with Crippen molar-refractivity contribution in [3.63, 3.8) is 0 Å². The first-order valence-electron chi connectivity index (χ1n) is 4.40. The van der Waals surface area contributed by atoms with E-state index in [9.17, 15) is 4.79 Å². The van der Waals surface area contributed by atoms with Crippen LogP contribution in [-0.4, -0.2) is 6.03 Å². The SMILES string of the molecule is C=CNC(=O)Nc1c(C)cccc1C. The fourth-order valence-electron chi connectivity index (χ4n) is 1.25. The predicted molar refractivity (Wildman–Crippen MR) is 58.3 cm³/mol. The number of amides is 2. The number of anilines is 1. The second-order valence-electron chi connectivity index (χ2n) is 3.07. The minimum absolute atomic E-state index is 0.266. The van der Waals surface area contributed by atoms with Gasteiger partial charge in [0.1, 0.15) is 0 Å². The molecule has 3 nitrogen and oxygen atoms in total. The zero-order valence-electron chi connectivity index (χ0n) is 8.42. The van der Waals surface area contributed by atoms with E-state index in [-0.39, 0.29) is 6.03 Å². The molecule has 0 fully saturated rings. The van der Waals surface area contributed by atoms with Gasteiger partial charge in [0, 0.05) is 5.69 Å². The number of carbonyl (C=O) groups is 1. The van der Waals surface area contributed by atoms with E-state index in [0.29, 0.717) is 0 Å². The molecule has 0 aliphatic rings. The molecule has 74 valence electrons. The van der Waals surface area contributed by atoms with Crippen molar-refractivity contribution in [3.05, 3.63) is 42.1 Å². The second kappa shape index (κ2) is 4.46. The number of carbonyl (C=O) groups excluding carboxylic acids is 1. The highest BCUT2D eigenvalue weighted by molar-refractivity contribution is 5.91. The Kier molecular flexibility index (Phi) is 3.29. The van der Waals surface area contributed by atoms with Crippen LogP contribution in [0.2, 0.25) is 0 Å². The van der Waals surface area contributed by atoms with E-state index in [1.165, 1.54) is 6.20 Å². The molecule has 0 aliphatic heterocycles. The van der Waals surface area contributed by atoms with Gasteiger partial charge in [-0.15, -0.1) is 0 Å². The van der Waals surface area contributed by atoms with Crippen molar-refractivity contribution in [2.45, 2.75) is 13.8 Å². The highest BCUT2D eigenvalue weighted by Gasteiger charge is 2.04. The van der Waals surface area contributed by atoms with E-state index < -0.39 is 0 Å². The highest BCUT2D eigenvalue weighted by Crippen LogP contribution is 2.18. The zero-order valence-corrected chi connectivity index (χ0v) is 8.42. The van der Waals surface area contributed by atoms with E-state index in [2.05, 4.69) is 17.2 Å². The molecule has 0 spiro atoms. The lowest BCUT2D eigenvalue weighted by molar-refractivity contribution is 0.255. The molecule has 0 heterocycles. The molecule has 0 radical (unpaired) electrons. The third kappa shape index (κ3) is 2.36. The Bertz CT molecular complexity index is 338. The monoisotopic (exact) mass is 190 g/mol. The van der Waals surface area contributed by atoms with E-state index >= 15 is 0 Å². The Morgan fingerprint density at radius 1 is 1.36 bits per heavy atom. The summed E-state index contributed by atoms with van der Waals surface area (Å²) in [5, 5.41) is 5.22. The molecule has 0 atom stereocenters. The van der Waals surface area contributed by atoms with Crippen molar-refractivity contribution in [2.24, 2.45) is 0 Å². The van der Waals surface area contributed by atoms with Crippen molar-refractivity contribution in [1.82, 2.24) is 5.32 Å². The van der Waals surface area contributed by atoms with E-state index in [1.807, 2.05) is 32.0 Å². The molecular weight excluding hydrogens is 176 g/mol. The lowest BCUT2D eigenvalue weighted by Crippen LogP contribution is -2.24. The summed E-state index contributed by atoms with van der Waals surface area (Å²) in [6.07, 6.45) is 1.35. The van der Waals surface area contributed by atoms with E-state index in [4.69, 9.17) is 0 Å². The smallest absolute Gasteiger partial charge is 0.315 e. The van der Waals surface area contributed by atoms with Crippen molar-refractivity contribution in [1.29, 1.82) is 0 Å². The highest BCUT2D eigenvalue weighted by atomic mass is 16.2. The summed E-state index contributed by atoms with van der Waals surface area (Å²) in [6, 6.07) is 5.60. The van der Waals surface area contributed by atoms with Crippen LogP contribution in [0.3, 0.4) is 0 Å². The molecule has 3 heteroatoms. The van der Waals surface area contributed by atoms with Crippen LogP contribution in [-0.2, 0) is 0 Å². The molecule has 0 aliphatic carbocycles. The maximum absolute atomic E-state index is 11.2. The molecule has 1 aromatic carbocycles. The van der Waals surface area contributed by atoms with Gasteiger partial charge >= 0.3 is 6.03 Å². The topological polar surface area (TPSA) is 41.1 Å². The van der Waals surface area contributed by atoms with Crippen LogP contribution in [0.4, 0.5) is 10.5 Å². The largest absolute Gasteiger partial charge is 0.323 e. The van der Waals surface area contributed by atoms with Crippen LogP contribution >= 0.6 is 0 Å². The standard InChI is InChI=1S/C11H14N2O/c1-4-12-11(14)13-10-8(2)6-5-7-9(10)3/h4-7H,1H2,2-3H3,(H2,12,13,14). The van der Waals surface area contributed by atoms with Crippen molar-refractivity contribution in [3.8, 4) is 0 Å². The number of rotatable bonds is 2. The molecule has 1 rings (SSSR count). The summed E-state index contributed by atoms with van der Waals surface area (Å²) in [6.45, 7) is 7.32. The van der Waals surface area contributed by atoms with Crippen LogP contribution in [0.15, 0.2) is 31.0 Å². The number of para-hydroxylation sites is 1. The molecule has 2 amide bonds.